The molecule has 0 amide bonds. The van der Waals surface area contributed by atoms with Crippen LogP contribution < -0.4 is 5.32 Å². The maximum atomic E-state index is 3.53. The molecule has 0 bridgehead atoms. The molecule has 0 spiro atoms. The zero-order valence-corrected chi connectivity index (χ0v) is 11.3. The van der Waals surface area contributed by atoms with Crippen molar-refractivity contribution in [3.05, 3.63) is 34.3 Å². The van der Waals surface area contributed by atoms with Crippen LogP contribution in [0.15, 0.2) is 28.7 Å². The lowest BCUT2D eigenvalue weighted by Crippen LogP contribution is -2.32. The zero-order chi connectivity index (χ0) is 11.3. The van der Waals surface area contributed by atoms with Crippen LogP contribution in [0.1, 0.15) is 26.3 Å². The highest BCUT2D eigenvalue weighted by atomic mass is 79.9. The summed E-state index contributed by atoms with van der Waals surface area (Å²) in [5.41, 5.74) is 1.39. The van der Waals surface area contributed by atoms with Crippen LogP contribution in [0.2, 0.25) is 0 Å². The summed E-state index contributed by atoms with van der Waals surface area (Å²) < 4.78 is 1.15. The van der Waals surface area contributed by atoms with E-state index in [1.54, 1.807) is 0 Å². The lowest BCUT2D eigenvalue weighted by Gasteiger charge is -2.17. The van der Waals surface area contributed by atoms with Crippen LogP contribution in [0.25, 0.3) is 0 Å². The molecule has 0 radical (unpaired) electrons. The van der Waals surface area contributed by atoms with Gasteiger partial charge in [0, 0.05) is 10.5 Å². The fourth-order valence-electron chi connectivity index (χ4n) is 1.33. The highest BCUT2D eigenvalue weighted by molar-refractivity contribution is 9.10. The van der Waals surface area contributed by atoms with Crippen molar-refractivity contribution in [2.45, 2.75) is 33.2 Å². The van der Waals surface area contributed by atoms with E-state index >= 15 is 0 Å². The van der Waals surface area contributed by atoms with E-state index in [1.165, 1.54) is 5.56 Å². The van der Waals surface area contributed by atoms with Crippen molar-refractivity contribution in [1.82, 2.24) is 5.32 Å². The van der Waals surface area contributed by atoms with Gasteiger partial charge in [0.1, 0.15) is 0 Å². The van der Waals surface area contributed by atoms with Crippen LogP contribution in [0, 0.1) is 5.92 Å². The van der Waals surface area contributed by atoms with Gasteiger partial charge >= 0.3 is 0 Å². The molecule has 0 saturated carbocycles. The topological polar surface area (TPSA) is 12.0 Å². The normalized spacial score (nSPS) is 13.1. The molecular formula is C13H20BrN. The minimum atomic E-state index is 0.598. The summed E-state index contributed by atoms with van der Waals surface area (Å²) in [4.78, 5) is 0. The molecule has 0 heterocycles. The fraction of sp³-hybridized carbons (Fsp3) is 0.538. The standard InChI is InChI=1S/C13H20BrN/c1-10(2)11(3)15-9-8-12-4-6-13(14)7-5-12/h4-7,10-11,15H,8-9H2,1-3H3. The van der Waals surface area contributed by atoms with Crippen molar-refractivity contribution in [2.75, 3.05) is 6.54 Å². The first-order chi connectivity index (χ1) is 7.09. The molecule has 0 saturated heterocycles. The minimum absolute atomic E-state index is 0.598. The average molecular weight is 270 g/mol. The molecule has 1 aromatic carbocycles. The maximum Gasteiger partial charge on any atom is 0.0175 e. The smallest absolute Gasteiger partial charge is 0.0175 e. The van der Waals surface area contributed by atoms with Crippen LogP contribution in [0.4, 0.5) is 0 Å². The van der Waals surface area contributed by atoms with Crippen LogP contribution >= 0.6 is 15.9 Å². The number of hydrogen-bond acceptors (Lipinski definition) is 1. The Hall–Kier alpha value is -0.340. The SMILES string of the molecule is CC(C)C(C)NCCc1ccc(Br)cc1. The van der Waals surface area contributed by atoms with Crippen molar-refractivity contribution >= 4 is 15.9 Å². The molecule has 1 unspecified atom stereocenters. The van der Waals surface area contributed by atoms with E-state index in [9.17, 15) is 0 Å². The third-order valence-electron chi connectivity index (χ3n) is 2.79. The van der Waals surface area contributed by atoms with E-state index in [1.807, 2.05) is 0 Å². The molecule has 0 fully saturated rings. The number of hydrogen-bond donors (Lipinski definition) is 1. The predicted molar refractivity (Wildman–Crippen MR) is 70.1 cm³/mol. The van der Waals surface area contributed by atoms with Crippen molar-refractivity contribution in [2.24, 2.45) is 5.92 Å². The molecule has 2 heteroatoms. The summed E-state index contributed by atoms with van der Waals surface area (Å²) in [6, 6.07) is 9.14. The number of nitrogens with one attached hydrogen (secondary N) is 1. The molecule has 1 atom stereocenters. The zero-order valence-electron chi connectivity index (χ0n) is 9.76. The van der Waals surface area contributed by atoms with Gasteiger partial charge in [0.15, 0.2) is 0 Å². The Morgan fingerprint density at radius 1 is 1.13 bits per heavy atom. The lowest BCUT2D eigenvalue weighted by atomic mass is 10.1. The Morgan fingerprint density at radius 2 is 1.73 bits per heavy atom. The van der Waals surface area contributed by atoms with E-state index in [2.05, 4.69) is 66.3 Å². The van der Waals surface area contributed by atoms with Gasteiger partial charge in [0.2, 0.25) is 0 Å². The van der Waals surface area contributed by atoms with Crippen molar-refractivity contribution in [3.8, 4) is 0 Å². The average Bonchev–Trinajstić information content (AvgIpc) is 2.20. The van der Waals surface area contributed by atoms with E-state index in [4.69, 9.17) is 0 Å². The first-order valence-corrected chi connectivity index (χ1v) is 6.36. The monoisotopic (exact) mass is 269 g/mol. The van der Waals surface area contributed by atoms with Crippen molar-refractivity contribution < 1.29 is 0 Å². The van der Waals surface area contributed by atoms with Crippen molar-refractivity contribution in [3.63, 3.8) is 0 Å². The van der Waals surface area contributed by atoms with Gasteiger partial charge in [-0.3, -0.25) is 0 Å². The predicted octanol–water partition coefficient (Wildman–Crippen LogP) is 3.63. The molecule has 0 aliphatic carbocycles. The first kappa shape index (κ1) is 12.7. The molecule has 0 aliphatic heterocycles. The molecule has 0 aliphatic rings. The van der Waals surface area contributed by atoms with Crippen LogP contribution in [0.5, 0.6) is 0 Å². The Kier molecular flexibility index (Phi) is 5.34. The first-order valence-electron chi connectivity index (χ1n) is 5.57. The van der Waals surface area contributed by atoms with Gasteiger partial charge in [-0.25, -0.2) is 0 Å². The number of rotatable bonds is 5. The Morgan fingerprint density at radius 3 is 2.27 bits per heavy atom. The van der Waals surface area contributed by atoms with Gasteiger partial charge in [-0.1, -0.05) is 41.9 Å². The maximum absolute atomic E-state index is 3.53. The van der Waals surface area contributed by atoms with Gasteiger partial charge < -0.3 is 5.32 Å². The molecule has 1 aromatic rings. The Bertz CT molecular complexity index is 279. The Balaban J connectivity index is 2.29. The molecular weight excluding hydrogens is 250 g/mol. The quantitative estimate of drug-likeness (QED) is 0.861. The molecule has 84 valence electrons. The van der Waals surface area contributed by atoms with Crippen LogP contribution in [-0.2, 0) is 6.42 Å². The van der Waals surface area contributed by atoms with Crippen molar-refractivity contribution in [1.29, 1.82) is 0 Å². The lowest BCUT2D eigenvalue weighted by molar-refractivity contribution is 0.430. The van der Waals surface area contributed by atoms with E-state index in [-0.39, 0.29) is 0 Å². The Labute approximate surface area is 101 Å². The fourth-order valence-corrected chi connectivity index (χ4v) is 1.60. The van der Waals surface area contributed by atoms with Crippen LogP contribution in [0.3, 0.4) is 0 Å². The number of halogens is 1. The molecule has 0 aromatic heterocycles. The second-order valence-corrected chi connectivity index (χ2v) is 5.28. The van der Waals surface area contributed by atoms with E-state index < -0.39 is 0 Å². The highest BCUT2D eigenvalue weighted by Crippen LogP contribution is 2.10. The molecule has 1 N–H and O–H groups in total. The summed E-state index contributed by atoms with van der Waals surface area (Å²) in [6.07, 6.45) is 1.10. The summed E-state index contributed by atoms with van der Waals surface area (Å²) >= 11 is 3.44. The largest absolute Gasteiger partial charge is 0.314 e. The summed E-state index contributed by atoms with van der Waals surface area (Å²) in [6.45, 7) is 7.79. The highest BCUT2D eigenvalue weighted by Gasteiger charge is 2.04. The number of benzene rings is 1. The molecule has 1 nitrogen and oxygen atoms in total. The molecule has 15 heavy (non-hydrogen) atoms. The summed E-state index contributed by atoms with van der Waals surface area (Å²) in [7, 11) is 0. The summed E-state index contributed by atoms with van der Waals surface area (Å²) in [5, 5.41) is 3.53. The van der Waals surface area contributed by atoms with Gasteiger partial charge in [0.05, 0.1) is 0 Å². The second kappa shape index (κ2) is 6.29. The van der Waals surface area contributed by atoms with Gasteiger partial charge in [0.25, 0.3) is 0 Å². The van der Waals surface area contributed by atoms with E-state index in [0.717, 1.165) is 17.4 Å². The second-order valence-electron chi connectivity index (χ2n) is 4.36. The third-order valence-corrected chi connectivity index (χ3v) is 3.32. The van der Waals surface area contributed by atoms with Gasteiger partial charge in [-0.05, 0) is 43.5 Å². The van der Waals surface area contributed by atoms with E-state index in [0.29, 0.717) is 12.0 Å². The molecule has 1 rings (SSSR count). The minimum Gasteiger partial charge on any atom is -0.314 e. The third kappa shape index (κ3) is 4.80. The van der Waals surface area contributed by atoms with Crippen LogP contribution in [-0.4, -0.2) is 12.6 Å². The van der Waals surface area contributed by atoms with Gasteiger partial charge in [-0.15, -0.1) is 0 Å². The van der Waals surface area contributed by atoms with Gasteiger partial charge in [-0.2, -0.15) is 0 Å². The summed E-state index contributed by atoms with van der Waals surface area (Å²) in [5.74, 6) is 0.704.